The summed E-state index contributed by atoms with van der Waals surface area (Å²) in [5.41, 5.74) is 6.96. The third kappa shape index (κ3) is 3.12. The molecule has 4 heteroatoms. The van der Waals surface area contributed by atoms with E-state index in [4.69, 9.17) is 5.73 Å². The number of pyridine rings is 1. The third-order valence-corrected chi connectivity index (χ3v) is 4.30. The van der Waals surface area contributed by atoms with Crippen molar-refractivity contribution in [1.29, 1.82) is 0 Å². The number of nitrogen functional groups attached to an aromatic ring is 1. The van der Waals surface area contributed by atoms with Gasteiger partial charge in [0.25, 0.3) is 0 Å². The zero-order valence-corrected chi connectivity index (χ0v) is 10.5. The van der Waals surface area contributed by atoms with Crippen LogP contribution in [0.25, 0.3) is 0 Å². The fourth-order valence-electron chi connectivity index (χ4n) is 2.02. The maximum Gasteiger partial charge on any atom is 0.123 e. The van der Waals surface area contributed by atoms with Gasteiger partial charge in [0, 0.05) is 36.8 Å². The van der Waals surface area contributed by atoms with E-state index in [-0.39, 0.29) is 0 Å². The molecule has 3 nitrogen and oxygen atoms in total. The Labute approximate surface area is 101 Å². The minimum absolute atomic E-state index is 0.621. The number of aromatic nitrogens is 1. The second kappa shape index (κ2) is 5.55. The van der Waals surface area contributed by atoms with Gasteiger partial charge in [0.2, 0.25) is 0 Å². The molecule has 1 atom stereocenters. The van der Waals surface area contributed by atoms with Gasteiger partial charge in [0.15, 0.2) is 0 Å². The molecule has 2 rings (SSSR count). The van der Waals surface area contributed by atoms with Crippen molar-refractivity contribution in [3.05, 3.63) is 23.9 Å². The summed E-state index contributed by atoms with van der Waals surface area (Å²) in [5.74, 6) is 1.87. The zero-order chi connectivity index (χ0) is 11.4. The lowest BCUT2D eigenvalue weighted by atomic mass is 10.2. The van der Waals surface area contributed by atoms with E-state index < -0.39 is 0 Å². The zero-order valence-electron chi connectivity index (χ0n) is 9.72. The standard InChI is InChI=1S/C12H19N3S/c1-2-11-9-15(5-6-16-11)8-10-3-4-14-12(13)7-10/h3-4,7,11H,2,5-6,8-9H2,1H3,(H2,13,14). The van der Waals surface area contributed by atoms with Crippen molar-refractivity contribution in [1.82, 2.24) is 9.88 Å². The van der Waals surface area contributed by atoms with E-state index in [0.717, 1.165) is 11.8 Å². The van der Waals surface area contributed by atoms with Crippen molar-refractivity contribution in [2.24, 2.45) is 0 Å². The SMILES string of the molecule is CCC1CN(Cc2ccnc(N)c2)CCS1. The Morgan fingerprint density at radius 3 is 3.25 bits per heavy atom. The van der Waals surface area contributed by atoms with Gasteiger partial charge in [-0.25, -0.2) is 4.98 Å². The molecule has 0 saturated carbocycles. The summed E-state index contributed by atoms with van der Waals surface area (Å²) in [6, 6.07) is 4.03. The van der Waals surface area contributed by atoms with Gasteiger partial charge >= 0.3 is 0 Å². The monoisotopic (exact) mass is 237 g/mol. The van der Waals surface area contributed by atoms with Crippen LogP contribution in [-0.2, 0) is 6.54 Å². The summed E-state index contributed by atoms with van der Waals surface area (Å²) >= 11 is 2.10. The number of thioether (sulfide) groups is 1. The Kier molecular flexibility index (Phi) is 4.07. The van der Waals surface area contributed by atoms with Crippen molar-refractivity contribution >= 4 is 17.6 Å². The largest absolute Gasteiger partial charge is 0.384 e. The first-order valence-electron chi connectivity index (χ1n) is 5.82. The molecule has 1 aliphatic heterocycles. The number of nitrogens with two attached hydrogens (primary N) is 1. The highest BCUT2D eigenvalue weighted by Crippen LogP contribution is 2.22. The van der Waals surface area contributed by atoms with Crippen molar-refractivity contribution < 1.29 is 0 Å². The summed E-state index contributed by atoms with van der Waals surface area (Å²) in [6.45, 7) is 5.65. The summed E-state index contributed by atoms with van der Waals surface area (Å²) in [5, 5.41) is 0.799. The van der Waals surface area contributed by atoms with Crippen LogP contribution >= 0.6 is 11.8 Å². The van der Waals surface area contributed by atoms with Crippen molar-refractivity contribution in [2.75, 3.05) is 24.6 Å². The molecule has 0 spiro atoms. The number of anilines is 1. The van der Waals surface area contributed by atoms with Gasteiger partial charge in [-0.1, -0.05) is 6.92 Å². The Morgan fingerprint density at radius 2 is 2.50 bits per heavy atom. The maximum absolute atomic E-state index is 5.68. The van der Waals surface area contributed by atoms with E-state index in [2.05, 4.69) is 34.6 Å². The summed E-state index contributed by atoms with van der Waals surface area (Å²) < 4.78 is 0. The predicted molar refractivity (Wildman–Crippen MR) is 70.5 cm³/mol. The average molecular weight is 237 g/mol. The minimum atomic E-state index is 0.621. The lowest BCUT2D eigenvalue weighted by molar-refractivity contribution is 0.273. The predicted octanol–water partition coefficient (Wildman–Crippen LogP) is 1.99. The van der Waals surface area contributed by atoms with Gasteiger partial charge in [-0.3, -0.25) is 4.90 Å². The number of rotatable bonds is 3. The van der Waals surface area contributed by atoms with Crippen LogP contribution in [-0.4, -0.2) is 34.0 Å². The molecule has 88 valence electrons. The van der Waals surface area contributed by atoms with Crippen LogP contribution in [0.15, 0.2) is 18.3 Å². The molecular weight excluding hydrogens is 218 g/mol. The molecule has 0 aliphatic carbocycles. The summed E-state index contributed by atoms with van der Waals surface area (Å²) in [6.07, 6.45) is 3.06. The van der Waals surface area contributed by atoms with Crippen LogP contribution in [0.1, 0.15) is 18.9 Å². The molecule has 2 N–H and O–H groups in total. The molecule has 0 amide bonds. The summed E-state index contributed by atoms with van der Waals surface area (Å²) in [4.78, 5) is 6.53. The first-order chi connectivity index (χ1) is 7.78. The van der Waals surface area contributed by atoms with E-state index in [1.807, 2.05) is 6.07 Å². The Hall–Kier alpha value is -0.740. The average Bonchev–Trinajstić information content (AvgIpc) is 2.29. The van der Waals surface area contributed by atoms with Crippen LogP contribution in [0.2, 0.25) is 0 Å². The fraction of sp³-hybridized carbons (Fsp3) is 0.583. The number of nitrogens with zero attached hydrogens (tertiary/aromatic N) is 2. The van der Waals surface area contributed by atoms with E-state index >= 15 is 0 Å². The van der Waals surface area contributed by atoms with Gasteiger partial charge < -0.3 is 5.73 Å². The molecule has 2 heterocycles. The molecule has 0 aromatic carbocycles. The Morgan fingerprint density at radius 1 is 1.62 bits per heavy atom. The van der Waals surface area contributed by atoms with E-state index in [1.165, 1.54) is 30.8 Å². The molecular formula is C12H19N3S. The topological polar surface area (TPSA) is 42.2 Å². The maximum atomic E-state index is 5.68. The lowest BCUT2D eigenvalue weighted by Gasteiger charge is -2.31. The van der Waals surface area contributed by atoms with Crippen molar-refractivity contribution in [3.8, 4) is 0 Å². The first-order valence-corrected chi connectivity index (χ1v) is 6.87. The summed E-state index contributed by atoms with van der Waals surface area (Å²) in [7, 11) is 0. The highest BCUT2D eigenvalue weighted by molar-refractivity contribution is 8.00. The Bertz CT molecular complexity index is 343. The van der Waals surface area contributed by atoms with Crippen LogP contribution in [0.3, 0.4) is 0 Å². The second-order valence-corrected chi connectivity index (χ2v) is 5.63. The first kappa shape index (κ1) is 11.7. The minimum Gasteiger partial charge on any atom is -0.384 e. The highest BCUT2D eigenvalue weighted by Gasteiger charge is 2.18. The van der Waals surface area contributed by atoms with E-state index in [0.29, 0.717) is 5.82 Å². The van der Waals surface area contributed by atoms with Crippen LogP contribution in [0, 0.1) is 0 Å². The lowest BCUT2D eigenvalue weighted by Crippen LogP contribution is -2.37. The van der Waals surface area contributed by atoms with Gasteiger partial charge in [-0.05, 0) is 24.1 Å². The van der Waals surface area contributed by atoms with Crippen molar-refractivity contribution in [3.63, 3.8) is 0 Å². The van der Waals surface area contributed by atoms with E-state index in [1.54, 1.807) is 6.20 Å². The highest BCUT2D eigenvalue weighted by atomic mass is 32.2. The van der Waals surface area contributed by atoms with Crippen molar-refractivity contribution in [2.45, 2.75) is 25.1 Å². The van der Waals surface area contributed by atoms with Crippen LogP contribution in [0.4, 0.5) is 5.82 Å². The quantitative estimate of drug-likeness (QED) is 0.873. The molecule has 1 aromatic rings. The molecule has 1 fully saturated rings. The molecule has 0 bridgehead atoms. The van der Waals surface area contributed by atoms with Crippen LogP contribution < -0.4 is 5.73 Å². The molecule has 16 heavy (non-hydrogen) atoms. The number of hydrogen-bond donors (Lipinski definition) is 1. The molecule has 1 aromatic heterocycles. The molecule has 1 unspecified atom stereocenters. The third-order valence-electron chi connectivity index (χ3n) is 2.93. The Balaban J connectivity index is 1.94. The van der Waals surface area contributed by atoms with Crippen LogP contribution in [0.5, 0.6) is 0 Å². The molecule has 0 radical (unpaired) electrons. The van der Waals surface area contributed by atoms with Gasteiger partial charge in [0.05, 0.1) is 0 Å². The van der Waals surface area contributed by atoms with Gasteiger partial charge in [-0.2, -0.15) is 11.8 Å². The smallest absolute Gasteiger partial charge is 0.123 e. The molecule has 1 aliphatic rings. The fourth-order valence-corrected chi connectivity index (χ4v) is 3.27. The molecule has 1 saturated heterocycles. The second-order valence-electron chi connectivity index (χ2n) is 4.23. The number of hydrogen-bond acceptors (Lipinski definition) is 4. The normalized spacial score (nSPS) is 22.2. The van der Waals surface area contributed by atoms with E-state index in [9.17, 15) is 0 Å². The van der Waals surface area contributed by atoms with Gasteiger partial charge in [0.1, 0.15) is 5.82 Å². The van der Waals surface area contributed by atoms with Gasteiger partial charge in [-0.15, -0.1) is 0 Å².